The van der Waals surface area contributed by atoms with Crippen LogP contribution in [0.3, 0.4) is 0 Å². The predicted molar refractivity (Wildman–Crippen MR) is 97.3 cm³/mol. The minimum Gasteiger partial charge on any atom is -0.364 e. The predicted octanol–water partition coefficient (Wildman–Crippen LogP) is 5.21. The molecule has 0 saturated heterocycles. The van der Waals surface area contributed by atoms with Crippen LogP contribution < -0.4 is 10.2 Å². The molecule has 1 heterocycles. The molecule has 0 amide bonds. The summed E-state index contributed by atoms with van der Waals surface area (Å²) >= 11 is 5.44. The lowest BCUT2D eigenvalue weighted by atomic mass is 10.0. The van der Waals surface area contributed by atoms with E-state index in [9.17, 15) is 0 Å². The van der Waals surface area contributed by atoms with E-state index in [2.05, 4.69) is 82.6 Å². The molecule has 0 spiro atoms. The van der Waals surface area contributed by atoms with Crippen LogP contribution in [-0.2, 0) is 6.54 Å². The highest BCUT2D eigenvalue weighted by Crippen LogP contribution is 2.32. The number of benzene rings is 1. The van der Waals surface area contributed by atoms with Gasteiger partial charge in [-0.2, -0.15) is 0 Å². The number of nitrogens with zero attached hydrogens (tertiary/aromatic N) is 1. The minimum absolute atomic E-state index is 0.331. The highest BCUT2D eigenvalue weighted by atomic mass is 79.9. The van der Waals surface area contributed by atoms with Gasteiger partial charge in [0.2, 0.25) is 0 Å². The average molecular weight is 367 g/mol. The van der Waals surface area contributed by atoms with Gasteiger partial charge in [0.15, 0.2) is 0 Å². The van der Waals surface area contributed by atoms with Crippen molar-refractivity contribution in [2.75, 3.05) is 11.9 Å². The Labute approximate surface area is 140 Å². The number of halogens is 1. The minimum atomic E-state index is 0.331. The standard InChI is InChI=1S/C17H23BrN2S/c1-12(2)20(11-15-6-5-9-21-15)17-10-14(18)7-8-16(17)13(3)19-4/h5-10,12-13,19H,11H2,1-4H3. The molecule has 0 saturated carbocycles. The summed E-state index contributed by atoms with van der Waals surface area (Å²) < 4.78 is 1.13. The fourth-order valence-electron chi connectivity index (χ4n) is 2.40. The van der Waals surface area contributed by atoms with Crippen LogP contribution in [-0.4, -0.2) is 13.1 Å². The molecule has 1 N–H and O–H groups in total. The lowest BCUT2D eigenvalue weighted by molar-refractivity contribution is 0.632. The summed E-state index contributed by atoms with van der Waals surface area (Å²) in [6.45, 7) is 7.66. The van der Waals surface area contributed by atoms with Crippen LogP contribution >= 0.6 is 27.3 Å². The molecule has 1 unspecified atom stereocenters. The first kappa shape index (κ1) is 16.5. The van der Waals surface area contributed by atoms with Crippen LogP contribution in [0.4, 0.5) is 5.69 Å². The normalized spacial score (nSPS) is 12.7. The summed E-state index contributed by atoms with van der Waals surface area (Å²) in [7, 11) is 2.01. The third-order valence-corrected chi connectivity index (χ3v) is 5.09. The van der Waals surface area contributed by atoms with E-state index in [4.69, 9.17) is 0 Å². The van der Waals surface area contributed by atoms with Crippen molar-refractivity contribution in [1.82, 2.24) is 5.32 Å². The first-order valence-corrected chi connectivity index (χ1v) is 8.96. The highest BCUT2D eigenvalue weighted by Gasteiger charge is 2.18. The number of nitrogens with one attached hydrogen (secondary N) is 1. The first-order chi connectivity index (χ1) is 10.0. The Morgan fingerprint density at radius 2 is 2.00 bits per heavy atom. The Kier molecular flexibility index (Phi) is 5.85. The second-order valence-electron chi connectivity index (χ2n) is 5.51. The zero-order chi connectivity index (χ0) is 15.4. The van der Waals surface area contributed by atoms with Crippen molar-refractivity contribution in [3.05, 3.63) is 50.6 Å². The molecule has 4 heteroatoms. The van der Waals surface area contributed by atoms with E-state index in [1.165, 1.54) is 16.1 Å². The lowest BCUT2D eigenvalue weighted by Crippen LogP contribution is -2.31. The van der Waals surface area contributed by atoms with Gasteiger partial charge in [-0.1, -0.05) is 28.1 Å². The van der Waals surface area contributed by atoms with Gasteiger partial charge in [-0.25, -0.2) is 0 Å². The van der Waals surface area contributed by atoms with Gasteiger partial charge in [-0.05, 0) is 57.0 Å². The number of anilines is 1. The third-order valence-electron chi connectivity index (χ3n) is 3.73. The molecule has 21 heavy (non-hydrogen) atoms. The lowest BCUT2D eigenvalue weighted by Gasteiger charge is -2.32. The van der Waals surface area contributed by atoms with Gasteiger partial charge in [0.25, 0.3) is 0 Å². The summed E-state index contributed by atoms with van der Waals surface area (Å²) in [5.74, 6) is 0. The van der Waals surface area contributed by atoms with Crippen LogP contribution in [0.15, 0.2) is 40.2 Å². The maximum atomic E-state index is 3.62. The maximum absolute atomic E-state index is 3.62. The molecule has 0 fully saturated rings. The largest absolute Gasteiger partial charge is 0.364 e. The molecule has 0 aliphatic carbocycles. The Bertz CT molecular complexity index is 566. The highest BCUT2D eigenvalue weighted by molar-refractivity contribution is 9.10. The summed E-state index contributed by atoms with van der Waals surface area (Å²) in [6, 6.07) is 11.7. The van der Waals surface area contributed by atoms with Crippen LogP contribution in [0.1, 0.15) is 37.3 Å². The number of hydrogen-bond donors (Lipinski definition) is 1. The molecule has 2 aromatic rings. The van der Waals surface area contributed by atoms with Crippen LogP contribution in [0.2, 0.25) is 0 Å². The van der Waals surface area contributed by atoms with Gasteiger partial charge in [0.05, 0.1) is 6.54 Å². The van der Waals surface area contributed by atoms with Gasteiger partial charge >= 0.3 is 0 Å². The Morgan fingerprint density at radius 1 is 1.24 bits per heavy atom. The Morgan fingerprint density at radius 3 is 2.57 bits per heavy atom. The van der Waals surface area contributed by atoms with Gasteiger partial charge in [-0.15, -0.1) is 11.3 Å². The van der Waals surface area contributed by atoms with Crippen molar-refractivity contribution in [3.8, 4) is 0 Å². The van der Waals surface area contributed by atoms with Crippen molar-refractivity contribution in [3.63, 3.8) is 0 Å². The molecule has 0 aliphatic rings. The van der Waals surface area contributed by atoms with Crippen molar-refractivity contribution >= 4 is 33.0 Å². The molecule has 1 atom stereocenters. The molecule has 114 valence electrons. The SMILES string of the molecule is CNC(C)c1ccc(Br)cc1N(Cc1cccs1)C(C)C. The molecule has 0 bridgehead atoms. The van der Waals surface area contributed by atoms with Crippen LogP contribution in [0, 0.1) is 0 Å². The summed E-state index contributed by atoms with van der Waals surface area (Å²) in [5.41, 5.74) is 2.64. The number of hydrogen-bond acceptors (Lipinski definition) is 3. The van der Waals surface area contributed by atoms with Gasteiger partial charge < -0.3 is 10.2 Å². The fraction of sp³-hybridized carbons (Fsp3) is 0.412. The monoisotopic (exact) mass is 366 g/mol. The quantitative estimate of drug-likeness (QED) is 0.754. The van der Waals surface area contributed by atoms with Crippen molar-refractivity contribution in [1.29, 1.82) is 0 Å². The third kappa shape index (κ3) is 4.09. The van der Waals surface area contributed by atoms with Gasteiger partial charge in [0, 0.05) is 27.1 Å². The molecule has 0 radical (unpaired) electrons. The van der Waals surface area contributed by atoms with Gasteiger partial charge in [-0.3, -0.25) is 0 Å². The number of rotatable bonds is 6. The topological polar surface area (TPSA) is 15.3 Å². The zero-order valence-electron chi connectivity index (χ0n) is 13.1. The maximum Gasteiger partial charge on any atom is 0.0525 e. The van der Waals surface area contributed by atoms with Crippen molar-refractivity contribution < 1.29 is 0 Å². The molecular weight excluding hydrogens is 344 g/mol. The molecule has 0 aliphatic heterocycles. The average Bonchev–Trinajstić information content (AvgIpc) is 2.96. The zero-order valence-corrected chi connectivity index (χ0v) is 15.5. The van der Waals surface area contributed by atoms with Crippen LogP contribution in [0.5, 0.6) is 0 Å². The smallest absolute Gasteiger partial charge is 0.0525 e. The first-order valence-electron chi connectivity index (χ1n) is 7.28. The van der Waals surface area contributed by atoms with E-state index in [1.54, 1.807) is 0 Å². The van der Waals surface area contributed by atoms with E-state index >= 15 is 0 Å². The fourth-order valence-corrected chi connectivity index (χ4v) is 3.46. The summed E-state index contributed by atoms with van der Waals surface area (Å²) in [5, 5.41) is 5.50. The molecule has 1 aromatic heterocycles. The van der Waals surface area contributed by atoms with E-state index in [-0.39, 0.29) is 0 Å². The van der Waals surface area contributed by atoms with E-state index < -0.39 is 0 Å². The molecular formula is C17H23BrN2S. The van der Waals surface area contributed by atoms with Crippen molar-refractivity contribution in [2.24, 2.45) is 0 Å². The second kappa shape index (κ2) is 7.43. The van der Waals surface area contributed by atoms with Crippen LogP contribution in [0.25, 0.3) is 0 Å². The van der Waals surface area contributed by atoms with E-state index in [0.717, 1.165) is 11.0 Å². The van der Waals surface area contributed by atoms with E-state index in [0.29, 0.717) is 12.1 Å². The summed E-state index contributed by atoms with van der Waals surface area (Å²) in [6.07, 6.45) is 0. The van der Waals surface area contributed by atoms with E-state index in [1.807, 2.05) is 18.4 Å². The Hall–Kier alpha value is -0.840. The van der Waals surface area contributed by atoms with Gasteiger partial charge in [0.1, 0.15) is 0 Å². The Balaban J connectivity index is 2.41. The molecule has 1 aromatic carbocycles. The molecule has 2 rings (SSSR count). The second-order valence-corrected chi connectivity index (χ2v) is 7.46. The van der Waals surface area contributed by atoms with Crippen molar-refractivity contribution in [2.45, 2.75) is 39.4 Å². The number of thiophene rings is 1. The molecule has 2 nitrogen and oxygen atoms in total. The summed E-state index contributed by atoms with van der Waals surface area (Å²) in [4.78, 5) is 3.87.